The van der Waals surface area contributed by atoms with Gasteiger partial charge in [0.1, 0.15) is 0 Å². The van der Waals surface area contributed by atoms with Crippen LogP contribution in [0, 0.1) is 5.92 Å². The van der Waals surface area contributed by atoms with Crippen LogP contribution in [0.5, 0.6) is 0 Å². The summed E-state index contributed by atoms with van der Waals surface area (Å²) in [7, 11) is 0. The summed E-state index contributed by atoms with van der Waals surface area (Å²) in [6.07, 6.45) is 4.88. The Labute approximate surface area is 164 Å². The van der Waals surface area contributed by atoms with Gasteiger partial charge in [-0.25, -0.2) is 0 Å². The Bertz CT molecular complexity index is 953. The fraction of sp³-hybridized carbons (Fsp3) is 0.208. The van der Waals surface area contributed by atoms with E-state index in [9.17, 15) is 9.59 Å². The van der Waals surface area contributed by atoms with Gasteiger partial charge in [-0.05, 0) is 36.1 Å². The van der Waals surface area contributed by atoms with E-state index in [-0.39, 0.29) is 17.6 Å². The van der Waals surface area contributed by atoms with Crippen LogP contribution in [0.3, 0.4) is 0 Å². The second-order valence-corrected chi connectivity index (χ2v) is 7.14. The fourth-order valence-corrected chi connectivity index (χ4v) is 3.74. The smallest absolute Gasteiger partial charge is 0.255 e. The van der Waals surface area contributed by atoms with Crippen LogP contribution in [0.15, 0.2) is 79.1 Å². The predicted octanol–water partition coefficient (Wildman–Crippen LogP) is 4.48. The first-order valence-electron chi connectivity index (χ1n) is 9.61. The number of hydrogen-bond acceptors (Lipinski definition) is 3. The van der Waals surface area contributed by atoms with E-state index in [0.29, 0.717) is 24.2 Å². The molecule has 1 aliphatic rings. The van der Waals surface area contributed by atoms with Gasteiger partial charge in [0.05, 0.1) is 5.56 Å². The largest absolute Gasteiger partial charge is 0.338 e. The average Bonchev–Trinajstić information content (AvgIpc) is 2.79. The third-order valence-corrected chi connectivity index (χ3v) is 5.26. The Kier molecular flexibility index (Phi) is 5.29. The summed E-state index contributed by atoms with van der Waals surface area (Å²) < 4.78 is 0. The van der Waals surface area contributed by atoms with Crippen molar-refractivity contribution in [3.05, 3.63) is 90.3 Å². The van der Waals surface area contributed by atoms with Gasteiger partial charge < -0.3 is 4.90 Å². The number of carbonyl (C=O) groups is 2. The number of rotatable bonds is 4. The number of aromatic nitrogens is 1. The lowest BCUT2D eigenvalue weighted by molar-refractivity contribution is 0.0636. The summed E-state index contributed by atoms with van der Waals surface area (Å²) >= 11 is 0. The van der Waals surface area contributed by atoms with Crippen molar-refractivity contribution in [3.63, 3.8) is 0 Å². The summed E-state index contributed by atoms with van der Waals surface area (Å²) in [5, 5.41) is 0. The summed E-state index contributed by atoms with van der Waals surface area (Å²) in [4.78, 5) is 31.5. The lowest BCUT2D eigenvalue weighted by atomic mass is 9.89. The highest BCUT2D eigenvalue weighted by Gasteiger charge is 2.29. The number of benzene rings is 2. The molecule has 0 aliphatic carbocycles. The normalized spacial score (nSPS) is 16.6. The van der Waals surface area contributed by atoms with E-state index in [1.54, 1.807) is 29.4 Å². The first kappa shape index (κ1) is 18.1. The Hall–Kier alpha value is -3.27. The quantitative estimate of drug-likeness (QED) is 0.636. The van der Waals surface area contributed by atoms with E-state index in [0.717, 1.165) is 24.0 Å². The maximum atomic E-state index is 13.0. The molecule has 28 heavy (non-hydrogen) atoms. The van der Waals surface area contributed by atoms with Crippen LogP contribution < -0.4 is 0 Å². The van der Waals surface area contributed by atoms with Gasteiger partial charge >= 0.3 is 0 Å². The zero-order valence-electron chi connectivity index (χ0n) is 15.6. The van der Waals surface area contributed by atoms with Gasteiger partial charge in [-0.15, -0.1) is 0 Å². The van der Waals surface area contributed by atoms with Crippen molar-refractivity contribution in [1.82, 2.24) is 9.88 Å². The molecule has 2 aromatic carbocycles. The molecule has 1 atom stereocenters. The van der Waals surface area contributed by atoms with Gasteiger partial charge in [0.25, 0.3) is 5.91 Å². The maximum absolute atomic E-state index is 13.0. The zero-order chi connectivity index (χ0) is 19.3. The molecule has 4 nitrogen and oxygen atoms in total. The highest BCUT2D eigenvalue weighted by Crippen LogP contribution is 2.24. The Morgan fingerprint density at radius 1 is 0.857 bits per heavy atom. The molecular weight excluding hydrogens is 348 g/mol. The highest BCUT2D eigenvalue weighted by atomic mass is 16.2. The Balaban J connectivity index is 1.46. The summed E-state index contributed by atoms with van der Waals surface area (Å²) in [6, 6.07) is 21.4. The van der Waals surface area contributed by atoms with E-state index in [1.165, 1.54) is 0 Å². The van der Waals surface area contributed by atoms with Crippen molar-refractivity contribution in [2.45, 2.75) is 12.8 Å². The van der Waals surface area contributed by atoms with Crippen LogP contribution in [-0.4, -0.2) is 34.7 Å². The molecular formula is C24H22N2O2. The molecule has 140 valence electrons. The van der Waals surface area contributed by atoms with Crippen LogP contribution in [0.2, 0.25) is 0 Å². The molecule has 0 N–H and O–H groups in total. The van der Waals surface area contributed by atoms with Gasteiger partial charge in [0.15, 0.2) is 5.78 Å². The first-order chi connectivity index (χ1) is 13.7. The number of amides is 1. The van der Waals surface area contributed by atoms with Gasteiger partial charge in [0.2, 0.25) is 0 Å². The van der Waals surface area contributed by atoms with Crippen molar-refractivity contribution < 1.29 is 9.59 Å². The van der Waals surface area contributed by atoms with Crippen molar-refractivity contribution in [2.75, 3.05) is 13.1 Å². The van der Waals surface area contributed by atoms with Gasteiger partial charge in [-0.3, -0.25) is 14.6 Å². The van der Waals surface area contributed by atoms with E-state index in [2.05, 4.69) is 17.1 Å². The lowest BCUT2D eigenvalue weighted by Gasteiger charge is -2.32. The minimum atomic E-state index is -0.156. The molecule has 0 radical (unpaired) electrons. The number of piperidine rings is 1. The topological polar surface area (TPSA) is 50.3 Å². The molecule has 1 aromatic heterocycles. The molecule has 0 bridgehead atoms. The van der Waals surface area contributed by atoms with E-state index in [1.807, 2.05) is 42.5 Å². The van der Waals surface area contributed by atoms with Gasteiger partial charge in [-0.1, -0.05) is 54.6 Å². The van der Waals surface area contributed by atoms with Crippen molar-refractivity contribution in [1.29, 1.82) is 0 Å². The number of likely N-dealkylation sites (tertiary alicyclic amines) is 1. The van der Waals surface area contributed by atoms with Crippen molar-refractivity contribution in [3.8, 4) is 11.1 Å². The number of carbonyl (C=O) groups excluding carboxylic acids is 2. The van der Waals surface area contributed by atoms with Crippen LogP contribution in [0.4, 0.5) is 0 Å². The van der Waals surface area contributed by atoms with Crippen LogP contribution in [0.25, 0.3) is 11.1 Å². The predicted molar refractivity (Wildman–Crippen MR) is 109 cm³/mol. The van der Waals surface area contributed by atoms with Gasteiger partial charge in [-0.2, -0.15) is 0 Å². The third-order valence-electron chi connectivity index (χ3n) is 5.26. The second-order valence-electron chi connectivity index (χ2n) is 7.14. The molecule has 4 heteroatoms. The molecule has 0 spiro atoms. The van der Waals surface area contributed by atoms with Crippen molar-refractivity contribution >= 4 is 11.7 Å². The molecule has 0 unspecified atom stereocenters. The maximum Gasteiger partial charge on any atom is 0.255 e. The number of nitrogens with zero attached hydrogens (tertiary/aromatic N) is 2. The summed E-state index contributed by atoms with van der Waals surface area (Å²) in [5.74, 6) is -0.0923. The van der Waals surface area contributed by atoms with Gasteiger partial charge in [0, 0.05) is 37.0 Å². The SMILES string of the molecule is O=C(c1ccc(-c2ccccc2)cc1)[C@@H]1CCCN(C(=O)c2cccnc2)C1. The first-order valence-corrected chi connectivity index (χ1v) is 9.61. The minimum absolute atomic E-state index is 0.0509. The number of ketones is 1. The van der Waals surface area contributed by atoms with E-state index < -0.39 is 0 Å². The molecule has 1 aliphatic heterocycles. The third kappa shape index (κ3) is 3.86. The Morgan fingerprint density at radius 3 is 2.32 bits per heavy atom. The number of Topliss-reactive ketones (excluding diaryl/α,β-unsaturated/α-hetero) is 1. The lowest BCUT2D eigenvalue weighted by Crippen LogP contribution is -2.42. The van der Waals surface area contributed by atoms with Crippen LogP contribution in [-0.2, 0) is 0 Å². The second kappa shape index (κ2) is 8.17. The molecule has 1 saturated heterocycles. The number of pyridine rings is 1. The number of hydrogen-bond donors (Lipinski definition) is 0. The summed E-state index contributed by atoms with van der Waals surface area (Å²) in [5.41, 5.74) is 3.50. The van der Waals surface area contributed by atoms with Crippen LogP contribution >= 0.6 is 0 Å². The molecule has 4 rings (SSSR count). The highest BCUT2D eigenvalue weighted by molar-refractivity contribution is 5.99. The molecule has 1 fully saturated rings. The molecule has 3 aromatic rings. The van der Waals surface area contributed by atoms with Crippen LogP contribution in [0.1, 0.15) is 33.6 Å². The Morgan fingerprint density at radius 2 is 1.61 bits per heavy atom. The summed E-state index contributed by atoms with van der Waals surface area (Å²) in [6.45, 7) is 1.15. The standard InChI is InChI=1S/C24H22N2O2/c27-23(20-12-10-19(11-13-20)18-6-2-1-3-7-18)22-9-5-15-26(17-22)24(28)21-8-4-14-25-16-21/h1-4,6-8,10-14,16,22H,5,9,15,17H2/t22-/m1/s1. The van der Waals surface area contributed by atoms with Crippen molar-refractivity contribution in [2.24, 2.45) is 5.92 Å². The zero-order valence-corrected chi connectivity index (χ0v) is 15.6. The molecule has 0 saturated carbocycles. The fourth-order valence-electron chi connectivity index (χ4n) is 3.74. The molecule has 1 amide bonds. The van der Waals surface area contributed by atoms with E-state index in [4.69, 9.17) is 0 Å². The average molecular weight is 370 g/mol. The molecule has 2 heterocycles. The minimum Gasteiger partial charge on any atom is -0.338 e. The van der Waals surface area contributed by atoms with E-state index >= 15 is 0 Å². The monoisotopic (exact) mass is 370 g/mol.